The fourth-order valence-electron chi connectivity index (χ4n) is 4.93. The molecule has 5 heteroatoms. The Hall–Kier alpha value is -3.34. The smallest absolute Gasteiger partial charge is 0.309 e. The number of ether oxygens (including phenoxy) is 1. The topological polar surface area (TPSA) is 72.6 Å². The summed E-state index contributed by atoms with van der Waals surface area (Å²) in [6, 6.07) is 16.0. The lowest BCUT2D eigenvalue weighted by molar-refractivity contribution is -0.148. The van der Waals surface area contributed by atoms with Crippen LogP contribution in [0.1, 0.15) is 56.2 Å². The predicted molar refractivity (Wildman–Crippen MR) is 134 cm³/mol. The molecule has 0 amide bonds. The van der Waals surface area contributed by atoms with E-state index in [-0.39, 0.29) is 5.92 Å². The summed E-state index contributed by atoms with van der Waals surface area (Å²) in [5, 5.41) is 9.83. The summed E-state index contributed by atoms with van der Waals surface area (Å²) in [6.45, 7) is 8.14. The fraction of sp³-hybridized carbons (Fsp3) is 0.379. The zero-order chi connectivity index (χ0) is 24.3. The van der Waals surface area contributed by atoms with Crippen molar-refractivity contribution >= 4 is 11.5 Å². The van der Waals surface area contributed by atoms with E-state index in [1.807, 2.05) is 63.2 Å². The molecule has 5 nitrogen and oxygen atoms in total. The number of aliphatic carboxylic acids is 1. The first-order chi connectivity index (χ1) is 16.3. The highest BCUT2D eigenvalue weighted by Gasteiger charge is 2.39. The third kappa shape index (κ3) is 4.65. The Balaban J connectivity index is 1.51. The van der Waals surface area contributed by atoms with Crippen molar-refractivity contribution in [3.05, 3.63) is 77.2 Å². The van der Waals surface area contributed by atoms with Crippen LogP contribution in [0.4, 0.5) is 0 Å². The van der Waals surface area contributed by atoms with Crippen LogP contribution in [0.25, 0.3) is 17.0 Å². The molecule has 34 heavy (non-hydrogen) atoms. The number of aryl methyl sites for hydroxylation is 1. The molecule has 0 bridgehead atoms. The minimum atomic E-state index is -0.840. The molecule has 1 aliphatic carbocycles. The first kappa shape index (κ1) is 23.8. The van der Waals surface area contributed by atoms with Crippen LogP contribution in [0.3, 0.4) is 0 Å². The van der Waals surface area contributed by atoms with Gasteiger partial charge >= 0.3 is 5.97 Å². The van der Waals surface area contributed by atoms with Gasteiger partial charge in [-0.2, -0.15) is 0 Å². The van der Waals surface area contributed by atoms with Crippen LogP contribution in [0, 0.1) is 18.3 Å². The lowest BCUT2D eigenvalue weighted by Gasteiger charge is -2.34. The van der Waals surface area contributed by atoms with Gasteiger partial charge in [0.2, 0.25) is 5.89 Å². The van der Waals surface area contributed by atoms with Gasteiger partial charge in [-0.1, -0.05) is 43.3 Å². The van der Waals surface area contributed by atoms with Gasteiger partial charge in [0.1, 0.15) is 11.5 Å². The van der Waals surface area contributed by atoms with Gasteiger partial charge in [0.15, 0.2) is 0 Å². The predicted octanol–water partition coefficient (Wildman–Crippen LogP) is 6.74. The number of hydrogen-bond donors (Lipinski definition) is 1. The highest BCUT2D eigenvalue weighted by molar-refractivity contribution is 5.81. The van der Waals surface area contributed by atoms with E-state index in [4.69, 9.17) is 9.15 Å². The maximum Gasteiger partial charge on any atom is 0.309 e. The maximum absolute atomic E-state index is 12.0. The van der Waals surface area contributed by atoms with E-state index in [0.717, 1.165) is 53.2 Å². The summed E-state index contributed by atoms with van der Waals surface area (Å²) in [5.74, 6) is 1.48. The maximum atomic E-state index is 12.0. The van der Waals surface area contributed by atoms with Crippen molar-refractivity contribution < 1.29 is 19.1 Å². The number of benzene rings is 2. The first-order valence-electron chi connectivity index (χ1n) is 12.0. The van der Waals surface area contributed by atoms with Gasteiger partial charge in [-0.15, -0.1) is 0 Å². The molecule has 1 heterocycles. The Morgan fingerprint density at radius 1 is 1.18 bits per heavy atom. The molecular formula is C29H33NO4. The van der Waals surface area contributed by atoms with Crippen LogP contribution >= 0.6 is 0 Å². The third-order valence-electron chi connectivity index (χ3n) is 6.92. The molecule has 1 unspecified atom stereocenters. The number of carboxylic acid groups (broad SMARTS) is 1. The average Bonchev–Trinajstić information content (AvgIpc) is 3.20. The SMILES string of the molecule is CCC(C1=CCCc2c(OCCc3nc(-c4ccccc4)oc3C)cccc21)C(C)(C)C(=O)O. The van der Waals surface area contributed by atoms with Crippen LogP contribution < -0.4 is 4.74 Å². The van der Waals surface area contributed by atoms with Crippen LogP contribution in [0.15, 0.2) is 59.0 Å². The fourth-order valence-corrected chi connectivity index (χ4v) is 4.93. The van der Waals surface area contributed by atoms with Crippen molar-refractivity contribution in [2.45, 2.75) is 53.4 Å². The molecule has 0 spiro atoms. The standard InChI is InChI=1S/C29H33NO4/c1-5-24(29(3,4)28(31)32)22-14-9-15-23-21(22)13-10-16-26(23)33-18-17-25-19(2)34-27(30-25)20-11-7-6-8-12-20/h6-8,10-14,16,24H,5,9,15,17-18H2,1-4H3,(H,31,32). The summed E-state index contributed by atoms with van der Waals surface area (Å²) in [7, 11) is 0. The molecule has 1 aliphatic rings. The summed E-state index contributed by atoms with van der Waals surface area (Å²) >= 11 is 0. The molecule has 4 rings (SSSR count). The molecule has 0 radical (unpaired) electrons. The first-order valence-corrected chi connectivity index (χ1v) is 12.0. The van der Waals surface area contributed by atoms with Gasteiger partial charge in [0.25, 0.3) is 0 Å². The highest BCUT2D eigenvalue weighted by Crippen LogP contribution is 2.44. The van der Waals surface area contributed by atoms with E-state index in [2.05, 4.69) is 24.1 Å². The van der Waals surface area contributed by atoms with Gasteiger partial charge in [0, 0.05) is 17.5 Å². The van der Waals surface area contributed by atoms with Crippen molar-refractivity contribution in [2.75, 3.05) is 6.61 Å². The number of rotatable bonds is 9. The molecule has 0 saturated heterocycles. The van der Waals surface area contributed by atoms with E-state index in [1.54, 1.807) is 0 Å². The van der Waals surface area contributed by atoms with E-state index in [0.29, 0.717) is 18.9 Å². The zero-order valence-electron chi connectivity index (χ0n) is 20.4. The Labute approximate surface area is 201 Å². The third-order valence-corrected chi connectivity index (χ3v) is 6.92. The Morgan fingerprint density at radius 2 is 1.94 bits per heavy atom. The molecular weight excluding hydrogens is 426 g/mol. The number of allylic oxidation sites excluding steroid dienone is 2. The lowest BCUT2D eigenvalue weighted by Crippen LogP contribution is -2.34. The molecule has 0 saturated carbocycles. The summed E-state index contributed by atoms with van der Waals surface area (Å²) in [4.78, 5) is 16.7. The second-order valence-corrected chi connectivity index (χ2v) is 9.45. The van der Waals surface area contributed by atoms with Gasteiger partial charge in [-0.25, -0.2) is 4.98 Å². The second-order valence-electron chi connectivity index (χ2n) is 9.45. The summed E-state index contributed by atoms with van der Waals surface area (Å²) in [6.07, 6.45) is 5.41. The largest absolute Gasteiger partial charge is 0.493 e. The van der Waals surface area contributed by atoms with Crippen molar-refractivity contribution in [1.82, 2.24) is 4.98 Å². The van der Waals surface area contributed by atoms with Crippen molar-refractivity contribution in [1.29, 1.82) is 0 Å². The number of aromatic nitrogens is 1. The van der Waals surface area contributed by atoms with E-state index < -0.39 is 11.4 Å². The minimum absolute atomic E-state index is 0.0616. The Kier molecular flexibility index (Phi) is 6.92. The number of fused-ring (bicyclic) bond motifs is 1. The molecule has 1 aromatic heterocycles. The van der Waals surface area contributed by atoms with E-state index >= 15 is 0 Å². The zero-order valence-corrected chi connectivity index (χ0v) is 20.4. The van der Waals surface area contributed by atoms with Crippen LogP contribution in [-0.2, 0) is 17.6 Å². The minimum Gasteiger partial charge on any atom is -0.493 e. The molecule has 0 aliphatic heterocycles. The number of hydrogen-bond acceptors (Lipinski definition) is 4. The van der Waals surface area contributed by atoms with Gasteiger partial charge in [0.05, 0.1) is 17.7 Å². The summed E-state index contributed by atoms with van der Waals surface area (Å²) in [5.41, 5.74) is 4.44. The molecule has 1 atom stereocenters. The number of carboxylic acids is 1. The molecule has 1 N–H and O–H groups in total. The van der Waals surface area contributed by atoms with Crippen molar-refractivity contribution in [3.8, 4) is 17.2 Å². The monoisotopic (exact) mass is 459 g/mol. The van der Waals surface area contributed by atoms with Gasteiger partial charge < -0.3 is 14.3 Å². The average molecular weight is 460 g/mol. The van der Waals surface area contributed by atoms with Crippen LogP contribution in [-0.4, -0.2) is 22.7 Å². The van der Waals surface area contributed by atoms with Crippen molar-refractivity contribution in [2.24, 2.45) is 11.3 Å². The number of oxazole rings is 1. The van der Waals surface area contributed by atoms with E-state index in [1.165, 1.54) is 5.56 Å². The van der Waals surface area contributed by atoms with Crippen molar-refractivity contribution in [3.63, 3.8) is 0 Å². The highest BCUT2D eigenvalue weighted by atomic mass is 16.5. The quantitative estimate of drug-likeness (QED) is 0.384. The molecule has 2 aromatic carbocycles. The van der Waals surface area contributed by atoms with Crippen LogP contribution in [0.5, 0.6) is 5.75 Å². The Bertz CT molecular complexity index is 1190. The molecule has 3 aromatic rings. The van der Waals surface area contributed by atoms with Gasteiger partial charge in [-0.05, 0) is 75.3 Å². The summed E-state index contributed by atoms with van der Waals surface area (Å²) < 4.78 is 12.1. The second kappa shape index (κ2) is 9.88. The Morgan fingerprint density at radius 3 is 2.65 bits per heavy atom. The number of carbonyl (C=O) groups is 1. The lowest BCUT2D eigenvalue weighted by atomic mass is 9.69. The molecule has 178 valence electrons. The normalized spacial score (nSPS) is 14.3. The number of nitrogens with zero attached hydrogens (tertiary/aromatic N) is 1. The van der Waals surface area contributed by atoms with E-state index in [9.17, 15) is 9.90 Å². The van der Waals surface area contributed by atoms with Crippen LogP contribution in [0.2, 0.25) is 0 Å². The molecule has 0 fully saturated rings. The van der Waals surface area contributed by atoms with Gasteiger partial charge in [-0.3, -0.25) is 4.79 Å².